The van der Waals surface area contributed by atoms with Crippen molar-refractivity contribution in [3.63, 3.8) is 0 Å². The molecular formula is C15H31NO2. The van der Waals surface area contributed by atoms with Crippen molar-refractivity contribution in [1.29, 1.82) is 0 Å². The third-order valence-corrected chi connectivity index (χ3v) is 3.59. The zero-order valence-electron chi connectivity index (χ0n) is 13.0. The van der Waals surface area contributed by atoms with Crippen LogP contribution in [-0.2, 0) is 4.79 Å². The Morgan fingerprint density at radius 1 is 1.28 bits per heavy atom. The Bertz CT molecular complexity index is 245. The molecule has 2 atom stereocenters. The van der Waals surface area contributed by atoms with Gasteiger partial charge in [-0.15, -0.1) is 0 Å². The monoisotopic (exact) mass is 257 g/mol. The maximum Gasteiger partial charge on any atom is 0.306 e. The molecule has 3 nitrogen and oxygen atoms in total. The molecule has 3 heteroatoms. The predicted octanol–water partition coefficient (Wildman–Crippen LogP) is 3.63. The number of hydrogen-bond donors (Lipinski definition) is 1. The lowest BCUT2D eigenvalue weighted by Gasteiger charge is -2.28. The second kappa shape index (κ2) is 7.78. The Hall–Kier alpha value is -0.570. The van der Waals surface area contributed by atoms with Crippen LogP contribution < -0.4 is 0 Å². The van der Waals surface area contributed by atoms with Crippen molar-refractivity contribution in [2.24, 2.45) is 11.3 Å². The summed E-state index contributed by atoms with van der Waals surface area (Å²) in [6.07, 6.45) is 3.88. The summed E-state index contributed by atoms with van der Waals surface area (Å²) in [6, 6.07) is 0.475. The number of carboxylic acids is 1. The second-order valence-corrected chi connectivity index (χ2v) is 6.29. The lowest BCUT2D eigenvalue weighted by molar-refractivity contribution is -0.141. The number of hydrogen-bond acceptors (Lipinski definition) is 2. The summed E-state index contributed by atoms with van der Waals surface area (Å²) in [5.41, 5.74) is 0.360. The van der Waals surface area contributed by atoms with Crippen molar-refractivity contribution in [3.05, 3.63) is 0 Å². The van der Waals surface area contributed by atoms with E-state index in [1.165, 1.54) is 0 Å². The Balaban J connectivity index is 0.00000137. The molecule has 0 bridgehead atoms. The van der Waals surface area contributed by atoms with Crippen molar-refractivity contribution < 1.29 is 9.90 Å². The molecule has 0 heterocycles. The molecule has 1 saturated carbocycles. The van der Waals surface area contributed by atoms with E-state index >= 15 is 0 Å². The van der Waals surface area contributed by atoms with Crippen LogP contribution >= 0.6 is 0 Å². The number of nitrogens with zero attached hydrogens (tertiary/aromatic N) is 1. The highest BCUT2D eigenvalue weighted by atomic mass is 16.4. The molecule has 2 unspecified atom stereocenters. The van der Waals surface area contributed by atoms with Gasteiger partial charge in [0.25, 0.3) is 0 Å². The van der Waals surface area contributed by atoms with Gasteiger partial charge < -0.3 is 10.0 Å². The van der Waals surface area contributed by atoms with Crippen molar-refractivity contribution in [1.82, 2.24) is 4.90 Å². The van der Waals surface area contributed by atoms with E-state index in [1.807, 2.05) is 13.8 Å². The molecule has 0 amide bonds. The SMILES string of the molecule is CC.CN(CCC(C)(C)C)C1CCC(C(=O)O)C1. The Kier molecular flexibility index (Phi) is 7.53. The molecule has 1 rings (SSSR count). The van der Waals surface area contributed by atoms with E-state index in [0.29, 0.717) is 11.5 Å². The first-order valence-electron chi connectivity index (χ1n) is 7.22. The van der Waals surface area contributed by atoms with Gasteiger partial charge in [0.15, 0.2) is 0 Å². The molecule has 0 aromatic rings. The third kappa shape index (κ3) is 6.39. The van der Waals surface area contributed by atoms with Gasteiger partial charge in [-0.25, -0.2) is 0 Å². The fraction of sp³-hybridized carbons (Fsp3) is 0.933. The number of carbonyl (C=O) groups is 1. The summed E-state index contributed by atoms with van der Waals surface area (Å²) in [7, 11) is 2.13. The summed E-state index contributed by atoms with van der Waals surface area (Å²) in [4.78, 5) is 13.2. The fourth-order valence-corrected chi connectivity index (χ4v) is 2.28. The Morgan fingerprint density at radius 3 is 2.22 bits per heavy atom. The first-order chi connectivity index (χ1) is 8.29. The van der Waals surface area contributed by atoms with Crippen molar-refractivity contribution in [2.75, 3.05) is 13.6 Å². The molecule has 0 spiro atoms. The van der Waals surface area contributed by atoms with Crippen LogP contribution in [0.5, 0.6) is 0 Å². The third-order valence-electron chi connectivity index (χ3n) is 3.59. The maximum absolute atomic E-state index is 10.9. The van der Waals surface area contributed by atoms with Gasteiger partial charge in [0, 0.05) is 6.04 Å². The van der Waals surface area contributed by atoms with Gasteiger partial charge in [0.1, 0.15) is 0 Å². The normalized spacial score (nSPS) is 23.7. The minimum Gasteiger partial charge on any atom is -0.481 e. The maximum atomic E-state index is 10.9. The van der Waals surface area contributed by atoms with Gasteiger partial charge in [-0.2, -0.15) is 0 Å². The van der Waals surface area contributed by atoms with Gasteiger partial charge in [0.05, 0.1) is 5.92 Å². The van der Waals surface area contributed by atoms with Gasteiger partial charge in [0.2, 0.25) is 0 Å². The minimum absolute atomic E-state index is 0.109. The van der Waals surface area contributed by atoms with Crippen LogP contribution in [-0.4, -0.2) is 35.6 Å². The van der Waals surface area contributed by atoms with Crippen molar-refractivity contribution >= 4 is 5.97 Å². The van der Waals surface area contributed by atoms with Crippen LogP contribution in [0.4, 0.5) is 0 Å². The molecule has 0 aromatic carbocycles. The molecule has 108 valence electrons. The van der Waals surface area contributed by atoms with Crippen LogP contribution in [0.3, 0.4) is 0 Å². The zero-order valence-corrected chi connectivity index (χ0v) is 13.0. The van der Waals surface area contributed by atoms with Crippen LogP contribution in [0.2, 0.25) is 0 Å². The van der Waals surface area contributed by atoms with Crippen molar-refractivity contribution in [3.8, 4) is 0 Å². The molecule has 1 aliphatic rings. The number of carboxylic acid groups (broad SMARTS) is 1. The fourth-order valence-electron chi connectivity index (χ4n) is 2.28. The van der Waals surface area contributed by atoms with E-state index in [2.05, 4.69) is 32.7 Å². The van der Waals surface area contributed by atoms with Crippen LogP contribution in [0.25, 0.3) is 0 Å². The quantitative estimate of drug-likeness (QED) is 0.836. The lowest BCUT2D eigenvalue weighted by atomic mass is 9.92. The van der Waals surface area contributed by atoms with E-state index in [9.17, 15) is 4.79 Å². The van der Waals surface area contributed by atoms with Gasteiger partial charge in [-0.3, -0.25) is 4.79 Å². The summed E-state index contributed by atoms with van der Waals surface area (Å²) >= 11 is 0. The van der Waals surface area contributed by atoms with Crippen molar-refractivity contribution in [2.45, 2.75) is 66.3 Å². The minimum atomic E-state index is -0.619. The van der Waals surface area contributed by atoms with Crippen LogP contribution in [0.1, 0.15) is 60.3 Å². The van der Waals surface area contributed by atoms with E-state index in [-0.39, 0.29) is 5.92 Å². The van der Waals surface area contributed by atoms with E-state index in [4.69, 9.17) is 5.11 Å². The van der Waals surface area contributed by atoms with Gasteiger partial charge in [-0.05, 0) is 44.7 Å². The number of aliphatic carboxylic acids is 1. The molecule has 0 aromatic heterocycles. The molecule has 18 heavy (non-hydrogen) atoms. The molecule has 1 N–H and O–H groups in total. The average Bonchev–Trinajstić information content (AvgIpc) is 2.77. The second-order valence-electron chi connectivity index (χ2n) is 6.29. The standard InChI is InChI=1S/C13H25NO2.C2H6/c1-13(2,3)7-8-14(4)11-6-5-10(9-11)12(15)16;1-2/h10-11H,5-9H2,1-4H3,(H,15,16);1-2H3. The topological polar surface area (TPSA) is 40.5 Å². The molecule has 1 fully saturated rings. The molecule has 0 aliphatic heterocycles. The van der Waals surface area contributed by atoms with Crippen LogP contribution in [0, 0.1) is 11.3 Å². The van der Waals surface area contributed by atoms with E-state index in [0.717, 1.165) is 32.2 Å². The molecule has 0 radical (unpaired) electrons. The first kappa shape index (κ1) is 17.4. The van der Waals surface area contributed by atoms with E-state index in [1.54, 1.807) is 0 Å². The number of rotatable bonds is 4. The van der Waals surface area contributed by atoms with E-state index < -0.39 is 5.97 Å². The zero-order chi connectivity index (χ0) is 14.3. The largest absolute Gasteiger partial charge is 0.481 e. The Labute approximate surface area is 113 Å². The smallest absolute Gasteiger partial charge is 0.306 e. The summed E-state index contributed by atoms with van der Waals surface area (Å²) in [6.45, 7) is 11.8. The molecule has 1 aliphatic carbocycles. The summed E-state index contributed by atoms with van der Waals surface area (Å²) in [5, 5.41) is 8.95. The van der Waals surface area contributed by atoms with Gasteiger partial charge >= 0.3 is 5.97 Å². The highest BCUT2D eigenvalue weighted by Gasteiger charge is 2.31. The summed E-state index contributed by atoms with van der Waals surface area (Å²) < 4.78 is 0. The molecular weight excluding hydrogens is 226 g/mol. The molecule has 0 saturated heterocycles. The highest BCUT2D eigenvalue weighted by molar-refractivity contribution is 5.70. The Morgan fingerprint density at radius 2 is 1.83 bits per heavy atom. The highest BCUT2D eigenvalue weighted by Crippen LogP contribution is 2.30. The average molecular weight is 257 g/mol. The van der Waals surface area contributed by atoms with Gasteiger partial charge in [-0.1, -0.05) is 34.6 Å². The first-order valence-corrected chi connectivity index (χ1v) is 7.22. The summed E-state index contributed by atoms with van der Waals surface area (Å²) in [5.74, 6) is -0.728. The van der Waals surface area contributed by atoms with Crippen LogP contribution in [0.15, 0.2) is 0 Å². The lowest BCUT2D eigenvalue weighted by Crippen LogP contribution is -2.32. The predicted molar refractivity (Wildman–Crippen MR) is 76.8 cm³/mol.